The van der Waals surface area contributed by atoms with Gasteiger partial charge in [0.15, 0.2) is 19.7 Å². The maximum Gasteiger partial charge on any atom is 0.183 e. The van der Waals surface area contributed by atoms with Crippen molar-refractivity contribution >= 4 is 19.7 Å². The first-order valence-corrected chi connectivity index (χ1v) is 13.9. The summed E-state index contributed by atoms with van der Waals surface area (Å²) in [4.78, 5) is 0.810. The van der Waals surface area contributed by atoms with Crippen molar-refractivity contribution in [3.8, 4) is 0 Å². The van der Waals surface area contributed by atoms with E-state index in [1.54, 1.807) is 65.8 Å². The molecule has 0 saturated heterocycles. The van der Waals surface area contributed by atoms with Crippen LogP contribution in [0.2, 0.25) is 0 Å². The molecule has 0 atom stereocenters. The van der Waals surface area contributed by atoms with Crippen LogP contribution < -0.4 is 0 Å². The van der Waals surface area contributed by atoms with Crippen molar-refractivity contribution in [2.24, 2.45) is 0 Å². The van der Waals surface area contributed by atoms with Crippen LogP contribution in [0.4, 0.5) is 0 Å². The zero-order valence-corrected chi connectivity index (χ0v) is 22.9. The fourth-order valence-electron chi connectivity index (χ4n) is 2.75. The molecule has 0 saturated carbocycles. The lowest BCUT2D eigenvalue weighted by molar-refractivity contribution is 0.558. The molecule has 0 amide bonds. The molecule has 0 spiro atoms. The van der Waals surface area contributed by atoms with Gasteiger partial charge in [-0.15, -0.1) is 0 Å². The number of hydrogen-bond donors (Lipinski definition) is 0. The van der Waals surface area contributed by atoms with Gasteiger partial charge in [-0.3, -0.25) is 0 Å². The minimum Gasteiger partial charge on any atom is -0.223 e. The van der Waals surface area contributed by atoms with Gasteiger partial charge in [0, 0.05) is 0 Å². The van der Waals surface area contributed by atoms with Gasteiger partial charge in [0.05, 0.1) is 19.3 Å². The molecule has 0 fully saturated rings. The quantitative estimate of drug-likeness (QED) is 0.511. The third-order valence-electron chi connectivity index (χ3n) is 5.28. The van der Waals surface area contributed by atoms with E-state index in [9.17, 15) is 16.8 Å². The molecular formula is C26H40O4S2. The molecule has 0 aliphatic heterocycles. The smallest absolute Gasteiger partial charge is 0.183 e. The van der Waals surface area contributed by atoms with Gasteiger partial charge in [-0.05, 0) is 88.8 Å². The molecule has 4 nitrogen and oxygen atoms in total. The van der Waals surface area contributed by atoms with Crippen molar-refractivity contribution in [3.63, 3.8) is 0 Å². The van der Waals surface area contributed by atoms with Crippen molar-refractivity contribution < 1.29 is 16.8 Å². The average molecular weight is 481 g/mol. The Labute approximate surface area is 196 Å². The highest BCUT2D eigenvalue weighted by atomic mass is 32.2. The molecule has 0 radical (unpaired) electrons. The van der Waals surface area contributed by atoms with Crippen LogP contribution in [-0.2, 0) is 31.5 Å². The average Bonchev–Trinajstić information content (AvgIpc) is 2.66. The Morgan fingerprint density at radius 3 is 1.12 bits per heavy atom. The maximum absolute atomic E-state index is 12.2. The van der Waals surface area contributed by atoms with E-state index in [2.05, 4.69) is 20.8 Å². The zero-order valence-electron chi connectivity index (χ0n) is 21.3. The monoisotopic (exact) mass is 480 g/mol. The Hall–Kier alpha value is -1.66. The van der Waals surface area contributed by atoms with Gasteiger partial charge in [0.1, 0.15) is 0 Å². The van der Waals surface area contributed by atoms with E-state index in [4.69, 9.17) is 0 Å². The Morgan fingerprint density at radius 2 is 0.875 bits per heavy atom. The van der Waals surface area contributed by atoms with Crippen molar-refractivity contribution in [2.75, 3.05) is 0 Å². The topological polar surface area (TPSA) is 68.3 Å². The summed E-state index contributed by atoms with van der Waals surface area (Å²) in [5.41, 5.74) is 2.34. The van der Waals surface area contributed by atoms with E-state index in [1.807, 2.05) is 31.2 Å². The molecule has 2 aromatic carbocycles. The maximum atomic E-state index is 12.2. The summed E-state index contributed by atoms with van der Waals surface area (Å²) in [7, 11) is -6.44. The lowest BCUT2D eigenvalue weighted by Gasteiger charge is -2.22. The molecule has 0 aliphatic carbocycles. The minimum absolute atomic E-state index is 0.0457. The second-order valence-corrected chi connectivity index (χ2v) is 16.4. The van der Waals surface area contributed by atoms with Gasteiger partial charge < -0.3 is 0 Å². The summed E-state index contributed by atoms with van der Waals surface area (Å²) in [6.45, 7) is 18.7. The fourth-order valence-corrected chi connectivity index (χ4v) is 5.15. The highest BCUT2D eigenvalue weighted by molar-refractivity contribution is 7.93. The molecule has 0 N–H and O–H groups in total. The van der Waals surface area contributed by atoms with Crippen molar-refractivity contribution in [1.29, 1.82) is 0 Å². The van der Waals surface area contributed by atoms with Crippen LogP contribution in [0.25, 0.3) is 0 Å². The highest BCUT2D eigenvalue weighted by Crippen LogP contribution is 2.28. The molecule has 2 aromatic rings. The lowest BCUT2D eigenvalue weighted by Crippen LogP contribution is -2.28. The van der Waals surface area contributed by atoms with Crippen LogP contribution in [0.5, 0.6) is 0 Å². The van der Waals surface area contributed by atoms with Crippen molar-refractivity contribution in [1.82, 2.24) is 0 Å². The van der Waals surface area contributed by atoms with Gasteiger partial charge in [-0.25, -0.2) is 16.8 Å². The summed E-state index contributed by atoms with van der Waals surface area (Å²) in [6.07, 6.45) is 0.926. The molecule has 180 valence electrons. The summed E-state index contributed by atoms with van der Waals surface area (Å²) >= 11 is 0. The predicted molar refractivity (Wildman–Crippen MR) is 135 cm³/mol. The summed E-state index contributed by atoms with van der Waals surface area (Å²) in [6, 6.07) is 14.4. The van der Waals surface area contributed by atoms with E-state index >= 15 is 0 Å². The number of rotatable bonds is 3. The largest absolute Gasteiger partial charge is 0.223 e. The number of aryl methyl sites for hydroxylation is 1. The van der Waals surface area contributed by atoms with Gasteiger partial charge in [-0.2, -0.15) is 0 Å². The molecule has 0 heterocycles. The third kappa shape index (κ3) is 6.67. The Kier molecular flexibility index (Phi) is 8.58. The molecule has 2 rings (SSSR count). The molecule has 32 heavy (non-hydrogen) atoms. The van der Waals surface area contributed by atoms with E-state index in [-0.39, 0.29) is 5.41 Å². The molecule has 0 bridgehead atoms. The molecule has 0 aromatic heterocycles. The van der Waals surface area contributed by atoms with Crippen LogP contribution in [0.3, 0.4) is 0 Å². The fraction of sp³-hybridized carbons (Fsp3) is 0.538. The zero-order chi connectivity index (χ0) is 25.2. The summed E-state index contributed by atoms with van der Waals surface area (Å²) in [5, 5.41) is 0. The standard InChI is InChI=1S/C14H22O2S.C12H18O2S/c1-13(2,3)11-7-9-12(10-8-11)17(15,16)14(4,5)6;1-5-10-6-8-11(9-7-10)15(13,14)12(2,3)4/h7-10H,1-6H3;6-9H,5H2,1-4H3. The van der Waals surface area contributed by atoms with Crippen LogP contribution in [0.1, 0.15) is 80.4 Å². The predicted octanol–water partition coefficient (Wildman–Crippen LogP) is 6.38. The van der Waals surface area contributed by atoms with Crippen molar-refractivity contribution in [2.45, 2.75) is 100 Å². The van der Waals surface area contributed by atoms with Gasteiger partial charge in [0.25, 0.3) is 0 Å². The molecule has 0 unspecified atom stereocenters. The van der Waals surface area contributed by atoms with E-state index in [0.29, 0.717) is 9.79 Å². The van der Waals surface area contributed by atoms with E-state index in [0.717, 1.165) is 17.5 Å². The minimum atomic E-state index is -3.24. The number of hydrogen-bond acceptors (Lipinski definition) is 4. The molecule has 6 heteroatoms. The Bertz CT molecular complexity index is 1090. The highest BCUT2D eigenvalue weighted by Gasteiger charge is 2.31. The van der Waals surface area contributed by atoms with Gasteiger partial charge in [0.2, 0.25) is 0 Å². The van der Waals surface area contributed by atoms with Crippen molar-refractivity contribution in [3.05, 3.63) is 59.7 Å². The van der Waals surface area contributed by atoms with E-state index in [1.165, 1.54) is 0 Å². The Balaban J connectivity index is 0.000000323. The van der Waals surface area contributed by atoms with Crippen LogP contribution in [-0.4, -0.2) is 26.3 Å². The number of sulfone groups is 2. The second kappa shape index (κ2) is 9.68. The van der Waals surface area contributed by atoms with Gasteiger partial charge >= 0.3 is 0 Å². The number of benzene rings is 2. The first-order chi connectivity index (χ1) is 14.2. The Morgan fingerprint density at radius 1 is 0.562 bits per heavy atom. The lowest BCUT2D eigenvalue weighted by atomic mass is 9.87. The third-order valence-corrected chi connectivity index (χ3v) is 10.3. The van der Waals surface area contributed by atoms with E-state index < -0.39 is 29.2 Å². The van der Waals surface area contributed by atoms with Crippen LogP contribution >= 0.6 is 0 Å². The molecular weight excluding hydrogens is 440 g/mol. The first-order valence-electron chi connectivity index (χ1n) is 10.9. The SMILES string of the molecule is CC(C)(C)c1ccc(S(=O)(=O)C(C)(C)C)cc1.CCc1ccc(S(=O)(=O)C(C)(C)C)cc1. The summed E-state index contributed by atoms with van der Waals surface area (Å²) in [5.74, 6) is 0. The van der Waals surface area contributed by atoms with Crippen LogP contribution in [0, 0.1) is 0 Å². The first kappa shape index (κ1) is 28.4. The van der Waals surface area contributed by atoms with Crippen LogP contribution in [0.15, 0.2) is 58.3 Å². The normalized spacial score (nSPS) is 13.3. The molecule has 0 aliphatic rings. The van der Waals surface area contributed by atoms with Gasteiger partial charge in [-0.1, -0.05) is 52.0 Å². The summed E-state index contributed by atoms with van der Waals surface area (Å²) < 4.78 is 47.0. The second-order valence-electron chi connectivity index (χ2n) is 11.0.